The summed E-state index contributed by atoms with van der Waals surface area (Å²) in [6.45, 7) is 0.893. The van der Waals surface area contributed by atoms with Gasteiger partial charge in [0.05, 0.1) is 5.69 Å². The average Bonchev–Trinajstić information content (AvgIpc) is 2.78. The number of hydrogen-bond donors (Lipinski definition) is 1. The van der Waals surface area contributed by atoms with E-state index in [9.17, 15) is 26.8 Å². The van der Waals surface area contributed by atoms with Crippen molar-refractivity contribution in [3.8, 4) is 0 Å². The van der Waals surface area contributed by atoms with Gasteiger partial charge in [0, 0.05) is 27.7 Å². The number of nitrogens with one attached hydrogen (secondary N) is 1. The second-order valence-electron chi connectivity index (χ2n) is 7.43. The molecule has 1 unspecified atom stereocenters. The van der Waals surface area contributed by atoms with Gasteiger partial charge in [-0.2, -0.15) is 12.7 Å². The molecule has 11 heteroatoms. The minimum atomic E-state index is -4.25. The molecule has 0 saturated carbocycles. The Bertz CT molecular complexity index is 1080. The van der Waals surface area contributed by atoms with Crippen LogP contribution in [0.15, 0.2) is 48.5 Å². The monoisotopic (exact) mass is 482 g/mol. The number of halogens is 2. The van der Waals surface area contributed by atoms with Gasteiger partial charge in [0.2, 0.25) is 11.8 Å². The number of benzene rings is 2. The van der Waals surface area contributed by atoms with Crippen molar-refractivity contribution in [2.24, 2.45) is 0 Å². The molecule has 0 aliphatic carbocycles. The van der Waals surface area contributed by atoms with Gasteiger partial charge in [0.15, 0.2) is 0 Å². The van der Waals surface area contributed by atoms with Crippen molar-refractivity contribution in [3.63, 3.8) is 0 Å². The van der Waals surface area contributed by atoms with E-state index in [1.54, 1.807) is 6.92 Å². The van der Waals surface area contributed by atoms with Crippen molar-refractivity contribution >= 4 is 27.7 Å². The van der Waals surface area contributed by atoms with Crippen LogP contribution in [0, 0.1) is 11.6 Å². The summed E-state index contributed by atoms with van der Waals surface area (Å²) in [5.41, 5.74) is 0.245. The Labute approximate surface area is 193 Å². The van der Waals surface area contributed by atoms with Crippen LogP contribution in [-0.4, -0.2) is 63.2 Å². The Morgan fingerprint density at radius 3 is 2.15 bits per heavy atom. The Hall–Kier alpha value is -3.05. The van der Waals surface area contributed by atoms with Gasteiger partial charge >= 0.3 is 10.2 Å². The summed E-state index contributed by atoms with van der Waals surface area (Å²) in [5, 5.41) is 2.50. The van der Waals surface area contributed by atoms with E-state index < -0.39 is 46.2 Å². The first kappa shape index (κ1) is 26.2. The Morgan fingerprint density at radius 1 is 1.03 bits per heavy atom. The van der Waals surface area contributed by atoms with Crippen molar-refractivity contribution in [3.05, 3.63) is 65.7 Å². The van der Waals surface area contributed by atoms with Crippen LogP contribution >= 0.6 is 0 Å². The van der Waals surface area contributed by atoms with E-state index in [1.165, 1.54) is 68.5 Å². The van der Waals surface area contributed by atoms with E-state index >= 15 is 0 Å². The van der Waals surface area contributed by atoms with Crippen molar-refractivity contribution in [1.82, 2.24) is 14.5 Å². The highest BCUT2D eigenvalue weighted by Crippen LogP contribution is 2.24. The van der Waals surface area contributed by atoms with Gasteiger partial charge in [0.1, 0.15) is 24.2 Å². The summed E-state index contributed by atoms with van der Waals surface area (Å²) in [5.74, 6) is -2.44. The molecule has 0 bridgehead atoms. The van der Waals surface area contributed by atoms with Crippen LogP contribution < -0.4 is 9.62 Å². The average molecular weight is 483 g/mol. The van der Waals surface area contributed by atoms with Gasteiger partial charge in [-0.3, -0.25) is 9.59 Å². The summed E-state index contributed by atoms with van der Waals surface area (Å²) >= 11 is 0. The summed E-state index contributed by atoms with van der Waals surface area (Å²) in [6.07, 6.45) is 0.243. The summed E-state index contributed by atoms with van der Waals surface area (Å²) in [6, 6.07) is 9.67. The van der Waals surface area contributed by atoms with Gasteiger partial charge in [-0.25, -0.2) is 13.1 Å². The van der Waals surface area contributed by atoms with E-state index in [4.69, 9.17) is 0 Å². The Balaban J connectivity index is 2.50. The number of anilines is 1. The SMILES string of the molecule is CCC(C(=O)NC)N(Cc1ccc(F)cc1)C(=O)CN(c1ccccc1F)S(=O)(=O)N(C)C. The predicted molar refractivity (Wildman–Crippen MR) is 121 cm³/mol. The normalized spacial score (nSPS) is 12.3. The number of hydrogen-bond acceptors (Lipinski definition) is 4. The molecule has 0 radical (unpaired) electrons. The molecular weight excluding hydrogens is 454 g/mol. The number of para-hydroxylation sites is 1. The summed E-state index contributed by atoms with van der Waals surface area (Å²) < 4.78 is 55.3. The second-order valence-corrected chi connectivity index (χ2v) is 9.50. The molecular formula is C22H28F2N4O4S. The van der Waals surface area contributed by atoms with Crippen molar-refractivity contribution < 1.29 is 26.8 Å². The maximum Gasteiger partial charge on any atom is 0.304 e. The van der Waals surface area contributed by atoms with Crippen LogP contribution in [0.1, 0.15) is 18.9 Å². The zero-order valence-corrected chi connectivity index (χ0v) is 19.8. The maximum absolute atomic E-state index is 14.5. The number of rotatable bonds is 10. The third kappa shape index (κ3) is 6.26. The van der Waals surface area contributed by atoms with E-state index in [2.05, 4.69) is 5.32 Å². The lowest BCUT2D eigenvalue weighted by Crippen LogP contribution is -2.53. The quantitative estimate of drug-likeness (QED) is 0.562. The molecule has 2 rings (SSSR count). The molecule has 0 fully saturated rings. The first-order chi connectivity index (χ1) is 15.5. The minimum absolute atomic E-state index is 0.0713. The van der Waals surface area contributed by atoms with Crippen molar-refractivity contribution in [1.29, 1.82) is 0 Å². The molecule has 0 aliphatic rings. The standard InChI is InChI=1S/C22H28F2N4O4S/c1-5-19(22(30)25-2)27(14-16-10-12-17(23)13-11-16)21(29)15-28(33(31,32)26(3)4)20-9-7-6-8-18(20)24/h6-13,19H,5,14-15H2,1-4H3,(H,25,30). The van der Waals surface area contributed by atoms with Crippen LogP contribution in [0.2, 0.25) is 0 Å². The highest BCUT2D eigenvalue weighted by atomic mass is 32.2. The number of amides is 2. The Kier molecular flexibility index (Phi) is 8.89. The molecule has 0 spiro atoms. The van der Waals surface area contributed by atoms with E-state index in [-0.39, 0.29) is 18.7 Å². The molecule has 0 heterocycles. The fourth-order valence-electron chi connectivity index (χ4n) is 3.23. The highest BCUT2D eigenvalue weighted by Gasteiger charge is 2.34. The Morgan fingerprint density at radius 2 is 1.64 bits per heavy atom. The fraction of sp³-hybridized carbons (Fsp3) is 0.364. The van der Waals surface area contributed by atoms with Crippen LogP contribution in [0.4, 0.5) is 14.5 Å². The van der Waals surface area contributed by atoms with Crippen molar-refractivity contribution in [2.45, 2.75) is 25.9 Å². The molecule has 2 aromatic carbocycles. The third-order valence-corrected chi connectivity index (χ3v) is 6.84. The highest BCUT2D eigenvalue weighted by molar-refractivity contribution is 7.90. The third-order valence-electron chi connectivity index (χ3n) is 5.04. The zero-order valence-electron chi connectivity index (χ0n) is 19.0. The smallest absolute Gasteiger partial charge is 0.304 e. The molecule has 0 saturated heterocycles. The minimum Gasteiger partial charge on any atom is -0.357 e. The van der Waals surface area contributed by atoms with Gasteiger partial charge in [-0.1, -0.05) is 31.2 Å². The van der Waals surface area contributed by atoms with Gasteiger partial charge < -0.3 is 10.2 Å². The first-order valence-corrected chi connectivity index (χ1v) is 11.6. The molecule has 0 aromatic heterocycles. The lowest BCUT2D eigenvalue weighted by atomic mass is 10.1. The molecule has 1 atom stereocenters. The first-order valence-electron chi connectivity index (χ1n) is 10.2. The van der Waals surface area contributed by atoms with Crippen LogP contribution in [-0.2, 0) is 26.3 Å². The molecule has 1 N–H and O–H groups in total. The lowest BCUT2D eigenvalue weighted by Gasteiger charge is -2.33. The van der Waals surface area contributed by atoms with Gasteiger partial charge in [0.25, 0.3) is 0 Å². The van der Waals surface area contributed by atoms with Gasteiger partial charge in [-0.05, 0) is 36.2 Å². The van der Waals surface area contributed by atoms with Crippen LogP contribution in [0.25, 0.3) is 0 Å². The molecule has 2 amide bonds. The van der Waals surface area contributed by atoms with Crippen LogP contribution in [0.3, 0.4) is 0 Å². The predicted octanol–water partition coefficient (Wildman–Crippen LogP) is 2.13. The second kappa shape index (κ2) is 11.2. The largest absolute Gasteiger partial charge is 0.357 e. The van der Waals surface area contributed by atoms with Crippen molar-refractivity contribution in [2.75, 3.05) is 32.0 Å². The van der Waals surface area contributed by atoms with E-state index in [0.29, 0.717) is 9.87 Å². The number of nitrogens with zero attached hydrogens (tertiary/aromatic N) is 3. The topological polar surface area (TPSA) is 90.0 Å². The molecule has 33 heavy (non-hydrogen) atoms. The summed E-state index contributed by atoms with van der Waals surface area (Å²) in [7, 11) is -0.292. The number of carbonyl (C=O) groups is 2. The fourth-order valence-corrected chi connectivity index (χ4v) is 4.29. The molecule has 0 aliphatic heterocycles. The van der Waals surface area contributed by atoms with Crippen LogP contribution in [0.5, 0.6) is 0 Å². The molecule has 180 valence electrons. The number of likely N-dealkylation sites (N-methyl/N-ethyl adjacent to an activating group) is 1. The molecule has 2 aromatic rings. The molecule has 8 nitrogen and oxygen atoms in total. The van der Waals surface area contributed by atoms with Gasteiger partial charge in [-0.15, -0.1) is 0 Å². The van der Waals surface area contributed by atoms with E-state index in [1.807, 2.05) is 0 Å². The zero-order chi connectivity index (χ0) is 24.8. The number of carbonyl (C=O) groups excluding carboxylic acids is 2. The van der Waals surface area contributed by atoms with E-state index in [0.717, 1.165) is 10.4 Å². The lowest BCUT2D eigenvalue weighted by molar-refractivity contribution is -0.140. The summed E-state index contributed by atoms with van der Waals surface area (Å²) in [4.78, 5) is 27.1. The maximum atomic E-state index is 14.5.